The van der Waals surface area contributed by atoms with Gasteiger partial charge in [-0.25, -0.2) is 19.6 Å². The monoisotopic (exact) mass is 330 g/mol. The molecule has 0 aliphatic rings. The Hall–Kier alpha value is -3.23. The van der Waals surface area contributed by atoms with Crippen molar-refractivity contribution in [1.82, 2.24) is 29.1 Å². The van der Waals surface area contributed by atoms with Crippen LogP contribution in [0.1, 0.15) is 5.69 Å². The average molecular weight is 330 g/mol. The summed E-state index contributed by atoms with van der Waals surface area (Å²) in [5.41, 5.74) is 0.691. The van der Waals surface area contributed by atoms with Crippen molar-refractivity contribution in [2.45, 2.75) is 6.18 Å². The highest BCUT2D eigenvalue weighted by Crippen LogP contribution is 2.27. The van der Waals surface area contributed by atoms with Gasteiger partial charge in [-0.3, -0.25) is 0 Å². The molecule has 0 saturated heterocycles. The zero-order valence-electron chi connectivity index (χ0n) is 12.0. The number of hydrogen-bond acceptors (Lipinski definition) is 4. The molecule has 4 heterocycles. The number of halogens is 3. The molecule has 0 unspecified atom stereocenters. The van der Waals surface area contributed by atoms with Crippen molar-refractivity contribution >= 4 is 5.65 Å². The number of rotatable bonds is 2. The van der Waals surface area contributed by atoms with Crippen LogP contribution in [0.25, 0.3) is 22.9 Å². The molecule has 0 aliphatic heterocycles. The van der Waals surface area contributed by atoms with E-state index < -0.39 is 11.9 Å². The maximum atomic E-state index is 12.6. The van der Waals surface area contributed by atoms with E-state index in [1.807, 2.05) is 28.8 Å². The molecule has 4 aromatic heterocycles. The van der Waals surface area contributed by atoms with Gasteiger partial charge in [-0.2, -0.15) is 18.3 Å². The molecule has 0 aliphatic carbocycles. The number of pyridine rings is 1. The molecule has 0 radical (unpaired) electrons. The number of imidazole rings is 1. The van der Waals surface area contributed by atoms with Crippen LogP contribution in [0.3, 0.4) is 0 Å². The first-order valence-corrected chi connectivity index (χ1v) is 6.90. The highest BCUT2D eigenvalue weighted by atomic mass is 19.4. The van der Waals surface area contributed by atoms with Crippen LogP contribution in [-0.2, 0) is 6.18 Å². The zero-order valence-corrected chi connectivity index (χ0v) is 12.0. The van der Waals surface area contributed by atoms with Gasteiger partial charge in [0.05, 0.1) is 12.4 Å². The van der Waals surface area contributed by atoms with E-state index in [4.69, 9.17) is 0 Å². The molecule has 120 valence electrons. The highest BCUT2D eigenvalue weighted by Gasteiger charge is 2.33. The minimum Gasteiger partial charge on any atom is -0.306 e. The van der Waals surface area contributed by atoms with E-state index in [9.17, 15) is 13.2 Å². The molecule has 0 amide bonds. The Morgan fingerprint density at radius 1 is 0.958 bits per heavy atom. The minimum absolute atomic E-state index is 0.331. The first-order chi connectivity index (χ1) is 11.5. The quantitative estimate of drug-likeness (QED) is 0.567. The van der Waals surface area contributed by atoms with E-state index in [1.54, 1.807) is 6.20 Å². The van der Waals surface area contributed by atoms with Gasteiger partial charge in [-0.1, -0.05) is 6.07 Å². The maximum Gasteiger partial charge on any atom is 0.435 e. The Balaban J connectivity index is 1.66. The lowest BCUT2D eigenvalue weighted by atomic mass is 10.4. The summed E-state index contributed by atoms with van der Waals surface area (Å²) in [6.07, 6.45) is 3.16. The van der Waals surface area contributed by atoms with Crippen molar-refractivity contribution in [3.05, 3.63) is 60.9 Å². The number of fused-ring (bicyclic) bond motifs is 1. The van der Waals surface area contributed by atoms with Crippen LogP contribution < -0.4 is 0 Å². The summed E-state index contributed by atoms with van der Waals surface area (Å²) in [6.45, 7) is 0. The van der Waals surface area contributed by atoms with Gasteiger partial charge in [0.25, 0.3) is 0 Å². The second-order valence-electron chi connectivity index (χ2n) is 5.00. The van der Waals surface area contributed by atoms with E-state index in [1.165, 1.54) is 18.6 Å². The summed E-state index contributed by atoms with van der Waals surface area (Å²) in [4.78, 5) is 12.7. The van der Waals surface area contributed by atoms with Crippen LogP contribution in [0.2, 0.25) is 0 Å². The minimum atomic E-state index is -4.48. The molecule has 24 heavy (non-hydrogen) atoms. The highest BCUT2D eigenvalue weighted by molar-refractivity contribution is 5.55. The third-order valence-corrected chi connectivity index (χ3v) is 3.38. The van der Waals surface area contributed by atoms with Crippen molar-refractivity contribution in [1.29, 1.82) is 0 Å². The smallest absolute Gasteiger partial charge is 0.306 e. The zero-order chi connectivity index (χ0) is 16.7. The van der Waals surface area contributed by atoms with Gasteiger partial charge in [0.15, 0.2) is 11.5 Å². The van der Waals surface area contributed by atoms with Gasteiger partial charge in [0.1, 0.15) is 17.0 Å². The Morgan fingerprint density at radius 2 is 1.75 bits per heavy atom. The molecule has 0 N–H and O–H groups in total. The normalized spacial score (nSPS) is 12.0. The van der Waals surface area contributed by atoms with Crippen molar-refractivity contribution in [3.8, 4) is 17.2 Å². The second kappa shape index (κ2) is 5.15. The van der Waals surface area contributed by atoms with Gasteiger partial charge < -0.3 is 4.40 Å². The first-order valence-electron chi connectivity index (χ1n) is 6.90. The summed E-state index contributed by atoms with van der Waals surface area (Å²) in [5.74, 6) is 0.380. The van der Waals surface area contributed by atoms with Gasteiger partial charge in [0.2, 0.25) is 0 Å². The predicted octanol–water partition coefficient (Wildman–Crippen LogP) is 3.00. The van der Waals surface area contributed by atoms with Gasteiger partial charge >= 0.3 is 6.18 Å². The molecule has 9 heteroatoms. The number of aromatic nitrogens is 6. The fraction of sp³-hybridized carbons (Fsp3) is 0.0667. The molecular formula is C15H9F3N6. The lowest BCUT2D eigenvalue weighted by molar-refractivity contribution is -0.141. The number of hydrogen-bond donors (Lipinski definition) is 0. The third kappa shape index (κ3) is 2.49. The van der Waals surface area contributed by atoms with Crippen molar-refractivity contribution in [2.75, 3.05) is 0 Å². The third-order valence-electron chi connectivity index (χ3n) is 3.38. The SMILES string of the molecule is FC(F)(F)c1ccn(-c2cnc(-c3cn4ccccc4n3)nc2)n1. The average Bonchev–Trinajstić information content (AvgIpc) is 3.21. The molecule has 0 bridgehead atoms. The molecule has 0 atom stereocenters. The second-order valence-corrected chi connectivity index (χ2v) is 5.00. The van der Waals surface area contributed by atoms with Crippen LogP contribution in [0.15, 0.2) is 55.2 Å². The summed E-state index contributed by atoms with van der Waals surface area (Å²) in [5, 5.41) is 3.48. The molecule has 0 saturated carbocycles. The van der Waals surface area contributed by atoms with Crippen molar-refractivity contribution in [3.63, 3.8) is 0 Å². The van der Waals surface area contributed by atoms with Crippen LogP contribution in [0, 0.1) is 0 Å². The summed E-state index contributed by atoms with van der Waals surface area (Å²) in [7, 11) is 0. The number of alkyl halides is 3. The van der Waals surface area contributed by atoms with Gasteiger partial charge in [0, 0.05) is 18.6 Å². The van der Waals surface area contributed by atoms with E-state index in [0.717, 1.165) is 16.4 Å². The number of nitrogens with zero attached hydrogens (tertiary/aromatic N) is 6. The van der Waals surface area contributed by atoms with E-state index in [0.29, 0.717) is 17.2 Å². The van der Waals surface area contributed by atoms with Crippen molar-refractivity contribution in [2.24, 2.45) is 0 Å². The Kier molecular flexibility index (Phi) is 3.08. The molecule has 4 aromatic rings. The molecular weight excluding hydrogens is 321 g/mol. The molecule has 0 fully saturated rings. The largest absolute Gasteiger partial charge is 0.435 e. The van der Waals surface area contributed by atoms with Crippen LogP contribution in [-0.4, -0.2) is 29.1 Å². The van der Waals surface area contributed by atoms with Crippen molar-refractivity contribution < 1.29 is 13.2 Å². The van der Waals surface area contributed by atoms with E-state index >= 15 is 0 Å². The predicted molar refractivity (Wildman–Crippen MR) is 78.3 cm³/mol. The lowest BCUT2D eigenvalue weighted by Gasteiger charge is -2.02. The molecule has 4 rings (SSSR count). The fourth-order valence-corrected chi connectivity index (χ4v) is 2.23. The van der Waals surface area contributed by atoms with E-state index in [2.05, 4.69) is 20.1 Å². The first kappa shape index (κ1) is 14.4. The maximum absolute atomic E-state index is 12.6. The Morgan fingerprint density at radius 3 is 2.42 bits per heavy atom. The Labute approximate surface area is 133 Å². The van der Waals surface area contributed by atoms with Crippen LogP contribution >= 0.6 is 0 Å². The fourth-order valence-electron chi connectivity index (χ4n) is 2.23. The van der Waals surface area contributed by atoms with Gasteiger partial charge in [-0.05, 0) is 18.2 Å². The van der Waals surface area contributed by atoms with E-state index in [-0.39, 0.29) is 0 Å². The topological polar surface area (TPSA) is 60.9 Å². The van der Waals surface area contributed by atoms with Crippen LogP contribution in [0.5, 0.6) is 0 Å². The van der Waals surface area contributed by atoms with Crippen LogP contribution in [0.4, 0.5) is 13.2 Å². The molecule has 6 nitrogen and oxygen atoms in total. The lowest BCUT2D eigenvalue weighted by Crippen LogP contribution is -2.07. The summed E-state index contributed by atoms with van der Waals surface area (Å²) >= 11 is 0. The summed E-state index contributed by atoms with van der Waals surface area (Å²) < 4.78 is 40.7. The standard InChI is InChI=1S/C15H9F3N6/c16-15(17,18)12-4-6-24(22-12)10-7-19-14(20-8-10)11-9-23-5-2-1-3-13(23)21-11/h1-9H. The molecule has 0 spiro atoms. The molecule has 0 aromatic carbocycles. The Bertz CT molecular complexity index is 967. The summed E-state index contributed by atoms with van der Waals surface area (Å²) in [6, 6.07) is 6.49. The van der Waals surface area contributed by atoms with Gasteiger partial charge in [-0.15, -0.1) is 0 Å².